The summed E-state index contributed by atoms with van der Waals surface area (Å²) in [5.74, 6) is 0.0292. The Morgan fingerprint density at radius 1 is 1.04 bits per heavy atom. The van der Waals surface area contributed by atoms with E-state index >= 15 is 0 Å². The zero-order valence-electron chi connectivity index (χ0n) is 13.6. The molecule has 0 aliphatic heterocycles. The Balaban J connectivity index is 2.39. The number of rotatable bonds is 5. The lowest BCUT2D eigenvalue weighted by molar-refractivity contribution is 0.484. The van der Waals surface area contributed by atoms with Gasteiger partial charge in [0, 0.05) is 24.1 Å². The molecule has 5 nitrogen and oxygen atoms in total. The molecule has 0 aliphatic carbocycles. The molecule has 0 atom stereocenters. The molecule has 0 N–H and O–H groups in total. The maximum atomic E-state index is 12.5. The van der Waals surface area contributed by atoms with Crippen molar-refractivity contribution in [1.82, 2.24) is 4.90 Å². The third-order valence-corrected chi connectivity index (χ3v) is 4.89. The van der Waals surface area contributed by atoms with E-state index in [4.69, 9.17) is 39.0 Å². The topological polar surface area (TPSA) is 59.0 Å². The summed E-state index contributed by atoms with van der Waals surface area (Å²) < 4.78 is 30.2. The highest BCUT2D eigenvalue weighted by atomic mass is 35.5. The number of aryl methyl sites for hydroxylation is 1. The lowest BCUT2D eigenvalue weighted by Crippen LogP contribution is -2.11. The van der Waals surface area contributed by atoms with Crippen LogP contribution in [-0.2, 0) is 10.1 Å². The Morgan fingerprint density at radius 2 is 1.64 bits per heavy atom. The van der Waals surface area contributed by atoms with Gasteiger partial charge in [0.05, 0.1) is 17.0 Å². The van der Waals surface area contributed by atoms with Gasteiger partial charge in [0.1, 0.15) is 4.90 Å². The van der Waals surface area contributed by atoms with Crippen LogP contribution in [0.25, 0.3) is 0 Å². The second kappa shape index (κ2) is 7.83. The zero-order chi connectivity index (χ0) is 18.8. The summed E-state index contributed by atoms with van der Waals surface area (Å²) in [5, 5.41) is 0.499. The minimum atomic E-state index is -4.14. The van der Waals surface area contributed by atoms with Gasteiger partial charge in [-0.3, -0.25) is 0 Å². The molecule has 0 fully saturated rings. The molecular weight excluding hydrogens is 407 g/mol. The molecule has 0 aliphatic rings. The Kier molecular flexibility index (Phi) is 6.21. The van der Waals surface area contributed by atoms with Crippen LogP contribution < -0.4 is 4.18 Å². The van der Waals surface area contributed by atoms with Crippen molar-refractivity contribution in [2.45, 2.75) is 11.8 Å². The number of benzene rings is 2. The van der Waals surface area contributed by atoms with Crippen LogP contribution in [-0.4, -0.2) is 33.8 Å². The predicted octanol–water partition coefficient (Wildman–Crippen LogP) is 4.94. The molecule has 0 heterocycles. The molecule has 0 bridgehead atoms. The van der Waals surface area contributed by atoms with Gasteiger partial charge in [0.2, 0.25) is 0 Å². The first kappa shape index (κ1) is 19.8. The first-order valence-electron chi connectivity index (χ1n) is 7.00. The summed E-state index contributed by atoms with van der Waals surface area (Å²) in [7, 11) is -0.479. The minimum absolute atomic E-state index is 0.0292. The highest BCUT2D eigenvalue weighted by molar-refractivity contribution is 7.87. The highest BCUT2D eigenvalue weighted by Gasteiger charge is 2.21. The minimum Gasteiger partial charge on any atom is -0.377 e. The van der Waals surface area contributed by atoms with Gasteiger partial charge in [-0.1, -0.05) is 34.8 Å². The van der Waals surface area contributed by atoms with Crippen LogP contribution in [0.15, 0.2) is 40.2 Å². The van der Waals surface area contributed by atoms with Crippen molar-refractivity contribution in [2.75, 3.05) is 14.1 Å². The number of hydrogen-bond donors (Lipinski definition) is 0. The smallest absolute Gasteiger partial charge is 0.339 e. The highest BCUT2D eigenvalue weighted by Crippen LogP contribution is 2.35. The molecule has 2 rings (SSSR count). The number of aliphatic imine (C=N–C) groups is 1. The third kappa shape index (κ3) is 5.25. The van der Waals surface area contributed by atoms with E-state index in [-0.39, 0.29) is 25.7 Å². The fraction of sp³-hybridized carbons (Fsp3) is 0.188. The van der Waals surface area contributed by atoms with Gasteiger partial charge in [0.15, 0.2) is 5.75 Å². The summed E-state index contributed by atoms with van der Waals surface area (Å²) >= 11 is 17.9. The molecule has 25 heavy (non-hydrogen) atoms. The van der Waals surface area contributed by atoms with Crippen LogP contribution in [0.1, 0.15) is 5.56 Å². The second-order valence-corrected chi connectivity index (χ2v) is 8.25. The van der Waals surface area contributed by atoms with Crippen LogP contribution in [0.5, 0.6) is 5.75 Å². The standard InChI is InChI=1S/C16H15Cl3N2O3S/c1-10-4-13(20-9-21(2)3)8-15(19)16(10)24-25(22,23)14-6-11(17)5-12(18)7-14/h4-9H,1-3H3. The number of halogens is 3. The van der Waals surface area contributed by atoms with E-state index in [1.54, 1.807) is 24.2 Å². The lowest BCUT2D eigenvalue weighted by atomic mass is 10.2. The van der Waals surface area contributed by atoms with E-state index in [1.165, 1.54) is 24.3 Å². The van der Waals surface area contributed by atoms with Crippen molar-refractivity contribution < 1.29 is 12.6 Å². The summed E-state index contributed by atoms with van der Waals surface area (Å²) in [6.07, 6.45) is 1.61. The van der Waals surface area contributed by atoms with E-state index in [1.807, 2.05) is 14.1 Å². The Morgan fingerprint density at radius 3 is 2.16 bits per heavy atom. The maximum Gasteiger partial charge on any atom is 0.339 e. The van der Waals surface area contributed by atoms with Crippen LogP contribution in [0, 0.1) is 6.92 Å². The van der Waals surface area contributed by atoms with Crippen molar-refractivity contribution in [1.29, 1.82) is 0 Å². The van der Waals surface area contributed by atoms with Gasteiger partial charge in [-0.15, -0.1) is 0 Å². The van der Waals surface area contributed by atoms with Crippen molar-refractivity contribution in [3.63, 3.8) is 0 Å². The average molecular weight is 422 g/mol. The monoisotopic (exact) mass is 420 g/mol. The van der Waals surface area contributed by atoms with Gasteiger partial charge in [-0.25, -0.2) is 4.99 Å². The molecule has 0 spiro atoms. The SMILES string of the molecule is Cc1cc(N=CN(C)C)cc(Cl)c1OS(=O)(=O)c1cc(Cl)cc(Cl)c1. The summed E-state index contributed by atoms with van der Waals surface area (Å²) in [6, 6.07) is 7.12. The van der Waals surface area contributed by atoms with Crippen LogP contribution in [0.3, 0.4) is 0 Å². The van der Waals surface area contributed by atoms with Crippen molar-refractivity contribution in [2.24, 2.45) is 4.99 Å². The first-order valence-corrected chi connectivity index (χ1v) is 9.54. The molecule has 0 amide bonds. The van der Waals surface area contributed by atoms with Gasteiger partial charge in [-0.2, -0.15) is 8.42 Å². The first-order chi connectivity index (χ1) is 11.6. The molecule has 0 saturated heterocycles. The van der Waals surface area contributed by atoms with Crippen molar-refractivity contribution in [3.05, 3.63) is 51.0 Å². The van der Waals surface area contributed by atoms with E-state index in [9.17, 15) is 8.42 Å². The van der Waals surface area contributed by atoms with Gasteiger partial charge in [0.25, 0.3) is 0 Å². The van der Waals surface area contributed by atoms with E-state index < -0.39 is 10.1 Å². The normalized spacial score (nSPS) is 11.8. The molecule has 134 valence electrons. The quantitative estimate of drug-likeness (QED) is 0.389. The van der Waals surface area contributed by atoms with E-state index in [0.717, 1.165) is 0 Å². The molecular formula is C16H15Cl3N2O3S. The molecule has 0 unspecified atom stereocenters. The van der Waals surface area contributed by atoms with Crippen LogP contribution >= 0.6 is 34.8 Å². The maximum absolute atomic E-state index is 12.5. The number of nitrogens with zero attached hydrogens (tertiary/aromatic N) is 2. The molecule has 2 aromatic rings. The molecule has 2 aromatic carbocycles. The van der Waals surface area contributed by atoms with Gasteiger partial charge >= 0.3 is 10.1 Å². The van der Waals surface area contributed by atoms with Gasteiger partial charge in [-0.05, 0) is 42.8 Å². The Bertz CT molecular complexity index is 885. The fourth-order valence-electron chi connectivity index (χ4n) is 1.91. The Hall–Kier alpha value is -1.47. The molecule has 0 saturated carbocycles. The second-order valence-electron chi connectivity index (χ2n) is 5.42. The fourth-order valence-corrected chi connectivity index (χ4v) is 3.99. The zero-order valence-corrected chi connectivity index (χ0v) is 16.7. The van der Waals surface area contributed by atoms with Crippen LogP contribution in [0.4, 0.5) is 5.69 Å². The predicted molar refractivity (Wildman–Crippen MR) is 102 cm³/mol. The molecule has 0 aromatic heterocycles. The Labute approximate surface area is 161 Å². The largest absolute Gasteiger partial charge is 0.377 e. The van der Waals surface area contributed by atoms with E-state index in [2.05, 4.69) is 4.99 Å². The molecule has 9 heteroatoms. The number of hydrogen-bond acceptors (Lipinski definition) is 4. The van der Waals surface area contributed by atoms with Crippen molar-refractivity contribution in [3.8, 4) is 5.75 Å². The van der Waals surface area contributed by atoms with Gasteiger partial charge < -0.3 is 9.08 Å². The van der Waals surface area contributed by atoms with E-state index in [0.29, 0.717) is 11.3 Å². The summed E-state index contributed by atoms with van der Waals surface area (Å²) in [4.78, 5) is 5.83. The molecule has 0 radical (unpaired) electrons. The summed E-state index contributed by atoms with van der Waals surface area (Å²) in [5.41, 5.74) is 1.10. The third-order valence-electron chi connectivity index (χ3n) is 2.97. The van der Waals surface area contributed by atoms with Crippen LogP contribution in [0.2, 0.25) is 15.1 Å². The summed E-state index contributed by atoms with van der Waals surface area (Å²) in [6.45, 7) is 1.68. The van der Waals surface area contributed by atoms with Crippen molar-refractivity contribution >= 4 is 56.9 Å². The average Bonchev–Trinajstić information content (AvgIpc) is 2.48. The lowest BCUT2D eigenvalue weighted by Gasteiger charge is -2.12.